The zero-order valence-electron chi connectivity index (χ0n) is 21.0. The number of amides is 1. The number of ether oxygens (including phenoxy) is 1. The minimum Gasteiger partial charge on any atom is -0.487 e. The molecule has 36 heavy (non-hydrogen) atoms. The normalized spacial score (nSPS) is 14.3. The van der Waals surface area contributed by atoms with Crippen molar-refractivity contribution in [3.05, 3.63) is 95.1 Å². The topological polar surface area (TPSA) is 88.7 Å². The summed E-state index contributed by atoms with van der Waals surface area (Å²) in [5, 5.41) is 7.00. The van der Waals surface area contributed by atoms with Crippen LogP contribution in [0.25, 0.3) is 0 Å². The van der Waals surface area contributed by atoms with Gasteiger partial charge in [-0.25, -0.2) is 4.99 Å². The van der Waals surface area contributed by atoms with Crippen molar-refractivity contribution in [1.29, 1.82) is 0 Å². The van der Waals surface area contributed by atoms with Crippen LogP contribution in [0.2, 0.25) is 0 Å². The highest BCUT2D eigenvalue weighted by atomic mass is 16.5. The van der Waals surface area contributed by atoms with Gasteiger partial charge in [0.25, 0.3) is 0 Å². The quantitative estimate of drug-likeness (QED) is 0.264. The van der Waals surface area contributed by atoms with Gasteiger partial charge in [-0.1, -0.05) is 73.9 Å². The molecule has 1 amide bonds. The number of guanidine groups is 1. The molecule has 0 atom stereocenters. The third-order valence-electron chi connectivity index (χ3n) is 6.71. The van der Waals surface area contributed by atoms with Crippen molar-refractivity contribution in [2.75, 3.05) is 11.9 Å². The fourth-order valence-electron chi connectivity index (χ4n) is 4.48. The number of nitrogens with two attached hydrogens (primary N) is 1. The Morgan fingerprint density at radius 2 is 1.75 bits per heavy atom. The smallest absolute Gasteiger partial charge is 0.248 e. The summed E-state index contributed by atoms with van der Waals surface area (Å²) in [6, 6.07) is 23.4. The Kier molecular flexibility index (Phi) is 8.98. The predicted molar refractivity (Wildman–Crippen MR) is 146 cm³/mol. The number of aryl methyl sites for hydroxylation is 1. The molecular weight excluding hydrogens is 448 g/mol. The van der Waals surface area contributed by atoms with E-state index < -0.39 is 5.91 Å². The summed E-state index contributed by atoms with van der Waals surface area (Å²) in [7, 11) is 0. The lowest BCUT2D eigenvalue weighted by molar-refractivity contribution is 0.1000. The van der Waals surface area contributed by atoms with Crippen molar-refractivity contribution in [1.82, 2.24) is 5.32 Å². The monoisotopic (exact) mass is 484 g/mol. The Hall–Kier alpha value is -3.80. The lowest BCUT2D eigenvalue weighted by Crippen LogP contribution is -2.35. The van der Waals surface area contributed by atoms with E-state index in [0.29, 0.717) is 36.3 Å². The Bertz CT molecular complexity index is 1170. The first-order chi connectivity index (χ1) is 17.6. The van der Waals surface area contributed by atoms with Crippen LogP contribution >= 0.6 is 0 Å². The van der Waals surface area contributed by atoms with Gasteiger partial charge in [-0.05, 0) is 60.6 Å². The molecule has 0 radical (unpaired) electrons. The van der Waals surface area contributed by atoms with Crippen molar-refractivity contribution in [2.24, 2.45) is 16.6 Å². The van der Waals surface area contributed by atoms with Crippen LogP contribution in [0.1, 0.15) is 59.2 Å². The highest BCUT2D eigenvalue weighted by Gasteiger charge is 2.15. The Balaban J connectivity index is 1.55. The van der Waals surface area contributed by atoms with Gasteiger partial charge in [-0.3, -0.25) is 4.79 Å². The number of carbonyl (C=O) groups excluding carboxylic acids is 1. The SMILES string of the molecule is Cc1ccccc1C/N=C(/NCC1CCCCC1)Nc1ccc(C(N)=O)cc1OCc1ccccc1. The summed E-state index contributed by atoms with van der Waals surface area (Å²) in [5.41, 5.74) is 10.1. The summed E-state index contributed by atoms with van der Waals surface area (Å²) in [6.07, 6.45) is 6.41. The number of nitrogens with zero attached hydrogens (tertiary/aromatic N) is 1. The van der Waals surface area contributed by atoms with Crippen molar-refractivity contribution >= 4 is 17.6 Å². The third-order valence-corrected chi connectivity index (χ3v) is 6.71. The molecule has 0 aliphatic heterocycles. The second-order valence-electron chi connectivity index (χ2n) is 9.45. The molecule has 6 heteroatoms. The van der Waals surface area contributed by atoms with Crippen LogP contribution in [0, 0.1) is 12.8 Å². The molecule has 1 fully saturated rings. The fourth-order valence-corrected chi connectivity index (χ4v) is 4.48. The van der Waals surface area contributed by atoms with Gasteiger partial charge in [-0.2, -0.15) is 0 Å². The molecule has 1 aliphatic rings. The number of benzene rings is 3. The maximum atomic E-state index is 11.8. The van der Waals surface area contributed by atoms with E-state index in [1.165, 1.54) is 43.2 Å². The van der Waals surface area contributed by atoms with E-state index in [1.807, 2.05) is 48.5 Å². The number of carbonyl (C=O) groups is 1. The van der Waals surface area contributed by atoms with E-state index in [1.54, 1.807) is 12.1 Å². The van der Waals surface area contributed by atoms with E-state index >= 15 is 0 Å². The first-order valence-electron chi connectivity index (χ1n) is 12.8. The fraction of sp³-hybridized carbons (Fsp3) is 0.333. The second-order valence-corrected chi connectivity index (χ2v) is 9.45. The molecule has 3 aromatic rings. The largest absolute Gasteiger partial charge is 0.487 e. The molecule has 1 aliphatic carbocycles. The molecule has 0 unspecified atom stereocenters. The van der Waals surface area contributed by atoms with Crippen LogP contribution in [0.5, 0.6) is 5.75 Å². The minimum atomic E-state index is -0.491. The average Bonchev–Trinajstić information content (AvgIpc) is 2.91. The molecule has 0 saturated heterocycles. The molecule has 188 valence electrons. The first-order valence-corrected chi connectivity index (χ1v) is 12.8. The number of nitrogens with one attached hydrogen (secondary N) is 2. The van der Waals surface area contributed by atoms with Crippen molar-refractivity contribution < 1.29 is 9.53 Å². The van der Waals surface area contributed by atoms with Crippen LogP contribution in [0.3, 0.4) is 0 Å². The second kappa shape index (κ2) is 12.8. The Morgan fingerprint density at radius 3 is 2.50 bits per heavy atom. The van der Waals surface area contributed by atoms with Crippen LogP contribution in [-0.4, -0.2) is 18.4 Å². The number of anilines is 1. The number of hydrogen-bond acceptors (Lipinski definition) is 3. The maximum absolute atomic E-state index is 11.8. The summed E-state index contributed by atoms with van der Waals surface area (Å²) >= 11 is 0. The zero-order chi connectivity index (χ0) is 25.2. The number of hydrogen-bond donors (Lipinski definition) is 3. The van der Waals surface area contributed by atoms with Crippen molar-refractivity contribution in [3.8, 4) is 5.75 Å². The van der Waals surface area contributed by atoms with Gasteiger partial charge in [0, 0.05) is 12.1 Å². The van der Waals surface area contributed by atoms with Crippen molar-refractivity contribution in [2.45, 2.75) is 52.2 Å². The van der Waals surface area contributed by atoms with E-state index in [-0.39, 0.29) is 0 Å². The summed E-state index contributed by atoms with van der Waals surface area (Å²) in [4.78, 5) is 16.7. The molecule has 6 nitrogen and oxygen atoms in total. The lowest BCUT2D eigenvalue weighted by atomic mass is 9.89. The van der Waals surface area contributed by atoms with E-state index in [2.05, 4.69) is 29.7 Å². The standard InChI is InChI=1S/C30H36N4O2/c1-22-10-8-9-15-26(22)20-33-30(32-19-23-11-4-2-5-12-23)34-27-17-16-25(29(31)35)18-28(27)36-21-24-13-6-3-7-14-24/h3,6-10,13-18,23H,2,4-5,11-12,19-21H2,1H3,(H2,31,35)(H2,32,33,34). The molecule has 1 saturated carbocycles. The maximum Gasteiger partial charge on any atom is 0.248 e. The van der Waals surface area contributed by atoms with Gasteiger partial charge < -0.3 is 21.1 Å². The number of rotatable bonds is 9. The third kappa shape index (κ3) is 7.35. The molecule has 0 aromatic heterocycles. The zero-order valence-corrected chi connectivity index (χ0v) is 21.0. The minimum absolute atomic E-state index is 0.378. The van der Waals surface area contributed by atoms with Crippen LogP contribution in [0.4, 0.5) is 5.69 Å². The number of primary amides is 1. The predicted octanol–water partition coefficient (Wildman–Crippen LogP) is 5.81. The van der Waals surface area contributed by atoms with Crippen LogP contribution in [0.15, 0.2) is 77.8 Å². The molecule has 0 spiro atoms. The van der Waals surface area contributed by atoms with Gasteiger partial charge in [0.05, 0.1) is 12.2 Å². The summed E-state index contributed by atoms with van der Waals surface area (Å²) in [6.45, 7) is 3.92. The highest BCUT2D eigenvalue weighted by Crippen LogP contribution is 2.27. The van der Waals surface area contributed by atoms with Gasteiger partial charge in [-0.15, -0.1) is 0 Å². The highest BCUT2D eigenvalue weighted by molar-refractivity contribution is 5.97. The molecule has 4 rings (SSSR count). The van der Waals surface area contributed by atoms with Gasteiger partial charge in [0.1, 0.15) is 12.4 Å². The Labute approximate surface area is 214 Å². The van der Waals surface area contributed by atoms with Crippen molar-refractivity contribution in [3.63, 3.8) is 0 Å². The molecular formula is C30H36N4O2. The molecule has 3 aromatic carbocycles. The first kappa shape index (κ1) is 25.3. The van der Waals surface area contributed by atoms with E-state index in [4.69, 9.17) is 15.5 Å². The van der Waals surface area contributed by atoms with Gasteiger partial charge in [0.15, 0.2) is 5.96 Å². The lowest BCUT2D eigenvalue weighted by Gasteiger charge is -2.23. The average molecular weight is 485 g/mol. The molecule has 4 N–H and O–H groups in total. The van der Waals surface area contributed by atoms with Gasteiger partial charge in [0.2, 0.25) is 5.91 Å². The molecule has 0 heterocycles. The van der Waals surface area contributed by atoms with Crippen LogP contribution in [-0.2, 0) is 13.2 Å². The van der Waals surface area contributed by atoms with E-state index in [0.717, 1.165) is 17.8 Å². The molecule has 0 bridgehead atoms. The summed E-state index contributed by atoms with van der Waals surface area (Å²) < 4.78 is 6.14. The Morgan fingerprint density at radius 1 is 1.00 bits per heavy atom. The van der Waals surface area contributed by atoms with Gasteiger partial charge >= 0.3 is 0 Å². The van der Waals surface area contributed by atoms with Crippen LogP contribution < -0.4 is 21.1 Å². The number of aliphatic imine (C=N–C) groups is 1. The summed E-state index contributed by atoms with van der Waals surface area (Å²) in [5.74, 6) is 1.41. The van der Waals surface area contributed by atoms with E-state index in [9.17, 15) is 4.79 Å².